The van der Waals surface area contributed by atoms with Crippen LogP contribution < -0.4 is 14.9 Å². The molecule has 0 aliphatic heterocycles. The molecule has 0 radical (unpaired) electrons. The van der Waals surface area contributed by atoms with E-state index in [9.17, 15) is 4.79 Å². The van der Waals surface area contributed by atoms with Gasteiger partial charge in [0.15, 0.2) is 16.9 Å². The Bertz CT molecular complexity index is 601. The number of ether oxygens (including phenoxy) is 2. The largest absolute Gasteiger partial charge is 0.493 e. The molecule has 0 spiro atoms. The van der Waals surface area contributed by atoms with Gasteiger partial charge in [0.05, 0.1) is 19.7 Å². The van der Waals surface area contributed by atoms with Gasteiger partial charge in [-0.1, -0.05) is 0 Å². The van der Waals surface area contributed by atoms with Crippen molar-refractivity contribution in [1.82, 2.24) is 4.57 Å². The monoisotopic (exact) mass is 233 g/mol. The molecule has 1 aromatic carbocycles. The number of rotatable bonds is 3. The molecule has 0 bridgehead atoms. The minimum atomic E-state index is -0.00865. The molecule has 0 aliphatic carbocycles. The van der Waals surface area contributed by atoms with E-state index in [2.05, 4.69) is 0 Å². The molecule has 0 aliphatic rings. The minimum Gasteiger partial charge on any atom is -0.493 e. The topological polar surface area (TPSA) is 40.5 Å². The Morgan fingerprint density at radius 3 is 2.53 bits per heavy atom. The molecule has 90 valence electrons. The van der Waals surface area contributed by atoms with Crippen LogP contribution in [0.2, 0.25) is 0 Å². The fraction of sp³-hybridized carbons (Fsp3) is 0.308. The van der Waals surface area contributed by atoms with Crippen molar-refractivity contribution in [3.05, 3.63) is 34.6 Å². The normalized spacial score (nSPS) is 10.5. The average molecular weight is 233 g/mol. The van der Waals surface area contributed by atoms with Gasteiger partial charge in [0.25, 0.3) is 0 Å². The maximum Gasteiger partial charge on any atom is 0.189 e. The van der Waals surface area contributed by atoms with Crippen molar-refractivity contribution in [2.75, 3.05) is 14.2 Å². The number of hydrogen-bond donors (Lipinski definition) is 0. The first-order valence-electron chi connectivity index (χ1n) is 5.47. The van der Waals surface area contributed by atoms with E-state index in [1.54, 1.807) is 38.6 Å². The molecule has 0 amide bonds. The van der Waals surface area contributed by atoms with E-state index in [0.717, 1.165) is 12.1 Å². The van der Waals surface area contributed by atoms with Crippen molar-refractivity contribution in [3.63, 3.8) is 0 Å². The van der Waals surface area contributed by atoms with Gasteiger partial charge in [-0.25, -0.2) is 0 Å². The molecule has 2 rings (SSSR count). The maximum absolute atomic E-state index is 11.8. The molecule has 4 heteroatoms. The Labute approximate surface area is 99.4 Å². The summed E-state index contributed by atoms with van der Waals surface area (Å²) < 4.78 is 12.6. The van der Waals surface area contributed by atoms with Gasteiger partial charge in [0.1, 0.15) is 0 Å². The highest BCUT2D eigenvalue weighted by molar-refractivity contribution is 5.87. The van der Waals surface area contributed by atoms with E-state index in [-0.39, 0.29) is 5.43 Å². The molecule has 0 saturated carbocycles. The van der Waals surface area contributed by atoms with Crippen molar-refractivity contribution >= 4 is 10.9 Å². The summed E-state index contributed by atoms with van der Waals surface area (Å²) in [4.78, 5) is 11.8. The lowest BCUT2D eigenvalue weighted by Crippen LogP contribution is -2.08. The van der Waals surface area contributed by atoms with Crippen LogP contribution in [0.3, 0.4) is 0 Å². The van der Waals surface area contributed by atoms with Crippen LogP contribution in [-0.4, -0.2) is 18.8 Å². The first-order valence-corrected chi connectivity index (χ1v) is 5.47. The summed E-state index contributed by atoms with van der Waals surface area (Å²) in [6.45, 7) is 2.78. The van der Waals surface area contributed by atoms with Crippen LogP contribution in [-0.2, 0) is 6.54 Å². The molecular weight excluding hydrogens is 218 g/mol. The molecule has 1 aromatic heterocycles. The van der Waals surface area contributed by atoms with Crippen molar-refractivity contribution in [2.45, 2.75) is 13.5 Å². The third-order valence-electron chi connectivity index (χ3n) is 2.82. The molecule has 0 unspecified atom stereocenters. The van der Waals surface area contributed by atoms with Crippen molar-refractivity contribution in [1.29, 1.82) is 0 Å². The zero-order valence-corrected chi connectivity index (χ0v) is 10.2. The van der Waals surface area contributed by atoms with E-state index >= 15 is 0 Å². The lowest BCUT2D eigenvalue weighted by atomic mass is 10.1. The van der Waals surface area contributed by atoms with Crippen molar-refractivity contribution in [3.8, 4) is 11.5 Å². The molecule has 0 atom stereocenters. The molecule has 0 fully saturated rings. The van der Waals surface area contributed by atoms with E-state index in [1.165, 1.54) is 0 Å². The third kappa shape index (κ3) is 1.75. The van der Waals surface area contributed by atoms with E-state index < -0.39 is 0 Å². The summed E-state index contributed by atoms with van der Waals surface area (Å²) in [5.74, 6) is 1.23. The van der Waals surface area contributed by atoms with Gasteiger partial charge in [-0.05, 0) is 19.1 Å². The Kier molecular flexibility index (Phi) is 3.04. The van der Waals surface area contributed by atoms with E-state index in [1.807, 2.05) is 11.5 Å². The maximum atomic E-state index is 11.8. The van der Waals surface area contributed by atoms with E-state index in [4.69, 9.17) is 9.47 Å². The number of pyridine rings is 1. The highest BCUT2D eigenvalue weighted by atomic mass is 16.5. The van der Waals surface area contributed by atoms with Crippen LogP contribution in [0.4, 0.5) is 0 Å². The zero-order valence-electron chi connectivity index (χ0n) is 10.2. The summed E-state index contributed by atoms with van der Waals surface area (Å²) in [7, 11) is 3.16. The Morgan fingerprint density at radius 2 is 1.94 bits per heavy atom. The van der Waals surface area contributed by atoms with Crippen LogP contribution in [0.25, 0.3) is 10.9 Å². The molecule has 4 nitrogen and oxygen atoms in total. The van der Waals surface area contributed by atoms with Gasteiger partial charge in [-0.2, -0.15) is 0 Å². The molecule has 2 aromatic rings. The number of hydrogen-bond acceptors (Lipinski definition) is 3. The molecular formula is C13H15NO3. The van der Waals surface area contributed by atoms with Gasteiger partial charge in [0, 0.05) is 24.2 Å². The van der Waals surface area contributed by atoms with Crippen LogP contribution in [0.15, 0.2) is 29.2 Å². The van der Waals surface area contributed by atoms with E-state index in [0.29, 0.717) is 16.9 Å². The highest BCUT2D eigenvalue weighted by Gasteiger charge is 2.13. The second kappa shape index (κ2) is 4.49. The van der Waals surface area contributed by atoms with Gasteiger partial charge < -0.3 is 14.0 Å². The smallest absolute Gasteiger partial charge is 0.189 e. The lowest BCUT2D eigenvalue weighted by Gasteiger charge is -2.14. The summed E-state index contributed by atoms with van der Waals surface area (Å²) in [5, 5.41) is 0.645. The summed E-state index contributed by atoms with van der Waals surface area (Å²) >= 11 is 0. The first kappa shape index (κ1) is 11.5. The molecule has 0 N–H and O–H groups in total. The fourth-order valence-corrected chi connectivity index (χ4v) is 1.98. The lowest BCUT2D eigenvalue weighted by molar-refractivity contribution is 0.357. The SMILES string of the molecule is CCn1ccc(=O)c2ccc(OC)c(OC)c21. The Balaban J connectivity index is 2.95. The molecule has 17 heavy (non-hydrogen) atoms. The second-order valence-corrected chi connectivity index (χ2v) is 3.66. The minimum absolute atomic E-state index is 0.00865. The Hall–Kier alpha value is -1.97. The number of benzene rings is 1. The number of nitrogens with zero attached hydrogens (tertiary/aromatic N) is 1. The quantitative estimate of drug-likeness (QED) is 0.814. The van der Waals surface area contributed by atoms with Gasteiger partial charge in [0.2, 0.25) is 0 Å². The van der Waals surface area contributed by atoms with Crippen LogP contribution in [0.1, 0.15) is 6.92 Å². The summed E-state index contributed by atoms with van der Waals surface area (Å²) in [6.07, 6.45) is 1.77. The number of aryl methyl sites for hydroxylation is 1. The predicted molar refractivity (Wildman–Crippen MR) is 67.0 cm³/mol. The number of aromatic nitrogens is 1. The van der Waals surface area contributed by atoms with Crippen molar-refractivity contribution < 1.29 is 9.47 Å². The summed E-state index contributed by atoms with van der Waals surface area (Å²) in [6, 6.07) is 5.09. The van der Waals surface area contributed by atoms with Crippen LogP contribution >= 0.6 is 0 Å². The standard InChI is InChI=1S/C13H15NO3/c1-4-14-8-7-10(15)9-5-6-11(16-2)13(17-3)12(9)14/h5-8H,4H2,1-3H3. The molecule has 1 heterocycles. The average Bonchev–Trinajstić information content (AvgIpc) is 2.38. The van der Waals surface area contributed by atoms with Gasteiger partial charge >= 0.3 is 0 Å². The van der Waals surface area contributed by atoms with Gasteiger partial charge in [-0.15, -0.1) is 0 Å². The number of methoxy groups -OCH3 is 2. The zero-order chi connectivity index (χ0) is 12.4. The predicted octanol–water partition coefficient (Wildman–Crippen LogP) is 2.04. The Morgan fingerprint density at radius 1 is 1.18 bits per heavy atom. The second-order valence-electron chi connectivity index (χ2n) is 3.66. The first-order chi connectivity index (χ1) is 8.22. The van der Waals surface area contributed by atoms with Crippen LogP contribution in [0, 0.1) is 0 Å². The molecule has 0 saturated heterocycles. The third-order valence-corrected chi connectivity index (χ3v) is 2.82. The number of fused-ring (bicyclic) bond motifs is 1. The fourth-order valence-electron chi connectivity index (χ4n) is 1.98. The van der Waals surface area contributed by atoms with Crippen LogP contribution in [0.5, 0.6) is 11.5 Å². The summed E-state index contributed by atoms with van der Waals surface area (Å²) in [5.41, 5.74) is 0.771. The van der Waals surface area contributed by atoms with Crippen molar-refractivity contribution in [2.24, 2.45) is 0 Å². The highest BCUT2D eigenvalue weighted by Crippen LogP contribution is 2.33. The van der Waals surface area contributed by atoms with Gasteiger partial charge in [-0.3, -0.25) is 4.79 Å².